The summed E-state index contributed by atoms with van der Waals surface area (Å²) in [5, 5.41) is 2.82. The molecule has 0 aromatic heterocycles. The first kappa shape index (κ1) is 26.6. The van der Waals surface area contributed by atoms with Crippen LogP contribution in [-0.4, -0.2) is 30.3 Å². The Balaban J connectivity index is 0.000000245. The van der Waals surface area contributed by atoms with Crippen molar-refractivity contribution in [3.8, 4) is 0 Å². The topological polar surface area (TPSA) is 109 Å². The highest BCUT2D eigenvalue weighted by Gasteiger charge is 2.46. The number of rotatable bonds is 6. The molecule has 1 amide bonds. The van der Waals surface area contributed by atoms with Crippen LogP contribution in [0.25, 0.3) is 0 Å². The molecule has 1 aliphatic rings. The lowest BCUT2D eigenvalue weighted by molar-refractivity contribution is -0.128. The first-order chi connectivity index (χ1) is 17.7. The molecule has 8 heteroatoms. The van der Waals surface area contributed by atoms with Gasteiger partial charge in [0, 0.05) is 0 Å². The number of carbonyl (C=O) groups is 1. The van der Waals surface area contributed by atoms with Crippen molar-refractivity contribution in [1.82, 2.24) is 5.32 Å². The number of thioether (sulfide) groups is 1. The zero-order chi connectivity index (χ0) is 26.5. The van der Waals surface area contributed by atoms with E-state index in [1.165, 1.54) is 12.1 Å². The normalized spacial score (nSPS) is 17.1. The molecule has 2 atom stereocenters. The van der Waals surface area contributed by atoms with Gasteiger partial charge in [0.1, 0.15) is 11.4 Å². The van der Waals surface area contributed by atoms with Crippen LogP contribution >= 0.6 is 11.8 Å². The first-order valence-electron chi connectivity index (χ1n) is 11.7. The fourth-order valence-electron chi connectivity index (χ4n) is 4.09. The fraction of sp³-hybridized carbons (Fsp3) is 0.138. The molecule has 37 heavy (non-hydrogen) atoms. The second-order valence-electron chi connectivity index (χ2n) is 8.64. The maximum atomic E-state index is 11.7. The molecule has 1 saturated heterocycles. The maximum Gasteiger partial charge on any atom is 0.294 e. The second-order valence-corrected chi connectivity index (χ2v) is 11.4. The van der Waals surface area contributed by atoms with Crippen molar-refractivity contribution in [2.45, 2.75) is 28.0 Å². The average molecular weight is 533 g/mol. The number of β-lactam (4-membered cyclic amide) rings is 1. The molecule has 0 unspecified atom stereocenters. The van der Waals surface area contributed by atoms with Crippen LogP contribution in [0.4, 0.5) is 0 Å². The molecule has 5 rings (SSSR count). The van der Waals surface area contributed by atoms with E-state index in [0.29, 0.717) is 0 Å². The third-order valence-corrected chi connectivity index (χ3v) is 8.67. The summed E-state index contributed by atoms with van der Waals surface area (Å²) >= 11 is 1.69. The van der Waals surface area contributed by atoms with E-state index in [2.05, 4.69) is 78.1 Å². The largest absolute Gasteiger partial charge is 0.341 e. The van der Waals surface area contributed by atoms with Crippen LogP contribution in [0.2, 0.25) is 0 Å². The summed E-state index contributed by atoms with van der Waals surface area (Å²) in [6.07, 6.45) is 0. The third kappa shape index (κ3) is 5.94. The van der Waals surface area contributed by atoms with Gasteiger partial charge in [0.2, 0.25) is 5.91 Å². The van der Waals surface area contributed by atoms with Crippen LogP contribution in [0.1, 0.15) is 22.3 Å². The summed E-state index contributed by atoms with van der Waals surface area (Å²) < 4.78 is 29.1. The highest BCUT2D eigenvalue weighted by atomic mass is 32.2. The van der Waals surface area contributed by atoms with E-state index in [1.807, 2.05) is 25.1 Å². The highest BCUT2D eigenvalue weighted by molar-refractivity contribution is 8.01. The highest BCUT2D eigenvalue weighted by Crippen LogP contribution is 2.50. The molecule has 0 spiro atoms. The minimum Gasteiger partial charge on any atom is -0.341 e. The molecule has 190 valence electrons. The summed E-state index contributed by atoms with van der Waals surface area (Å²) in [6, 6.07) is 36.7. The lowest BCUT2D eigenvalue weighted by atomic mass is 9.84. The Bertz CT molecular complexity index is 1330. The quantitative estimate of drug-likeness (QED) is 0.188. The van der Waals surface area contributed by atoms with Gasteiger partial charge < -0.3 is 11.1 Å². The molecule has 0 radical (unpaired) electrons. The van der Waals surface area contributed by atoms with Crippen LogP contribution < -0.4 is 11.1 Å². The summed E-state index contributed by atoms with van der Waals surface area (Å²) in [6.45, 7) is 1.84. The minimum atomic E-state index is -4.02. The molecule has 4 N–H and O–H groups in total. The van der Waals surface area contributed by atoms with Gasteiger partial charge in [-0.1, -0.05) is 109 Å². The molecule has 1 fully saturated rings. The number of carbonyl (C=O) groups excluding carboxylic acids is 1. The van der Waals surface area contributed by atoms with Crippen LogP contribution in [0, 0.1) is 6.92 Å². The Kier molecular flexibility index (Phi) is 8.14. The molecule has 6 nitrogen and oxygen atoms in total. The van der Waals surface area contributed by atoms with E-state index < -0.39 is 20.9 Å². The molecular weight excluding hydrogens is 504 g/mol. The van der Waals surface area contributed by atoms with E-state index in [0.717, 1.165) is 22.3 Å². The van der Waals surface area contributed by atoms with Crippen molar-refractivity contribution in [3.05, 3.63) is 138 Å². The number of benzene rings is 4. The molecule has 0 aliphatic carbocycles. The van der Waals surface area contributed by atoms with E-state index in [9.17, 15) is 13.2 Å². The van der Waals surface area contributed by atoms with Gasteiger partial charge in [-0.3, -0.25) is 9.35 Å². The van der Waals surface area contributed by atoms with Gasteiger partial charge in [-0.2, -0.15) is 8.42 Å². The Morgan fingerprint density at radius 1 is 0.757 bits per heavy atom. The van der Waals surface area contributed by atoms with E-state index in [1.54, 1.807) is 23.9 Å². The zero-order valence-electron chi connectivity index (χ0n) is 20.2. The molecular formula is C29H28N2O4S2. The zero-order valence-corrected chi connectivity index (χ0v) is 21.8. The number of nitrogens with one attached hydrogen (secondary N) is 1. The molecule has 4 aromatic carbocycles. The molecule has 0 bridgehead atoms. The van der Waals surface area contributed by atoms with Crippen molar-refractivity contribution < 1.29 is 17.8 Å². The van der Waals surface area contributed by atoms with Gasteiger partial charge in [-0.25, -0.2) is 0 Å². The van der Waals surface area contributed by atoms with Gasteiger partial charge in [0.15, 0.2) is 0 Å². The summed E-state index contributed by atoms with van der Waals surface area (Å²) in [4.78, 5) is 11.6. The summed E-state index contributed by atoms with van der Waals surface area (Å²) in [5.74, 6) is -0.0921. The average Bonchev–Trinajstić information content (AvgIpc) is 2.92. The third-order valence-electron chi connectivity index (χ3n) is 6.08. The molecule has 1 heterocycles. The summed E-state index contributed by atoms with van der Waals surface area (Å²) in [7, 11) is -4.02. The van der Waals surface area contributed by atoms with E-state index in [4.69, 9.17) is 10.3 Å². The summed E-state index contributed by atoms with van der Waals surface area (Å²) in [5.41, 5.74) is 10.5. The monoisotopic (exact) mass is 532 g/mol. The maximum absolute atomic E-state index is 11.7. The Morgan fingerprint density at radius 3 is 1.49 bits per heavy atom. The van der Waals surface area contributed by atoms with Gasteiger partial charge in [-0.05, 0) is 35.7 Å². The van der Waals surface area contributed by atoms with Gasteiger partial charge in [0.25, 0.3) is 10.1 Å². The molecule has 1 aliphatic heterocycles. The lowest BCUT2D eigenvalue weighted by Gasteiger charge is -2.43. The fourth-order valence-corrected chi connectivity index (χ4v) is 6.22. The number of nitrogens with two attached hydrogens (primary N) is 1. The Hall–Kier alpha value is -3.43. The van der Waals surface area contributed by atoms with Gasteiger partial charge in [-0.15, -0.1) is 11.8 Å². The van der Waals surface area contributed by atoms with Crippen molar-refractivity contribution in [1.29, 1.82) is 0 Å². The SMILES string of the molecule is Cc1ccc(S(=O)(=O)O)cc1.N[C@@H]1C(=O)N[C@@H]1SC(c1ccccc1)(c1ccccc1)c1ccccc1. The predicted molar refractivity (Wildman–Crippen MR) is 148 cm³/mol. The molecule has 0 saturated carbocycles. The van der Waals surface area contributed by atoms with Crippen molar-refractivity contribution in [2.24, 2.45) is 5.73 Å². The number of hydrogen-bond acceptors (Lipinski definition) is 5. The predicted octanol–water partition coefficient (Wildman–Crippen LogP) is 4.74. The van der Waals surface area contributed by atoms with Crippen LogP contribution in [-0.2, 0) is 19.7 Å². The van der Waals surface area contributed by atoms with Crippen molar-refractivity contribution in [2.75, 3.05) is 0 Å². The van der Waals surface area contributed by atoms with E-state index in [-0.39, 0.29) is 16.2 Å². The van der Waals surface area contributed by atoms with Crippen LogP contribution in [0.5, 0.6) is 0 Å². The van der Waals surface area contributed by atoms with Crippen LogP contribution in [0.3, 0.4) is 0 Å². The molecule has 4 aromatic rings. The van der Waals surface area contributed by atoms with E-state index >= 15 is 0 Å². The van der Waals surface area contributed by atoms with Crippen molar-refractivity contribution >= 4 is 27.8 Å². The minimum absolute atomic E-state index is 0.0666. The number of hydrogen-bond donors (Lipinski definition) is 3. The number of aryl methyl sites for hydroxylation is 1. The van der Waals surface area contributed by atoms with Crippen LogP contribution in [0.15, 0.2) is 120 Å². The van der Waals surface area contributed by atoms with Crippen molar-refractivity contribution in [3.63, 3.8) is 0 Å². The standard InChI is InChI=1S/C22H20N2OS.C7H8O3S/c23-19-20(25)24-21(19)26-22(16-10-4-1-5-11-16,17-12-6-2-7-13-17)18-14-8-3-9-15-18;1-6-2-4-7(5-3-6)11(8,9)10/h1-15,19,21H,23H2,(H,24,25);2-5H,1H3,(H,8,9,10)/t19-,21-;/m1./s1. The second kappa shape index (κ2) is 11.3. The Morgan fingerprint density at radius 2 is 1.16 bits per heavy atom. The van der Waals surface area contributed by atoms with Gasteiger partial charge >= 0.3 is 0 Å². The first-order valence-corrected chi connectivity index (χ1v) is 14.0. The Labute approximate surface area is 221 Å². The number of amides is 1. The van der Waals surface area contributed by atoms with Gasteiger partial charge in [0.05, 0.1) is 9.64 Å². The smallest absolute Gasteiger partial charge is 0.294 e. The lowest BCUT2D eigenvalue weighted by Crippen LogP contribution is -2.66.